The Morgan fingerprint density at radius 3 is 2.62 bits per heavy atom. The van der Waals surface area contributed by atoms with Crippen LogP contribution in [0.15, 0.2) is 40.8 Å². The molecule has 1 aromatic rings. The third kappa shape index (κ3) is 6.64. The van der Waals surface area contributed by atoms with E-state index < -0.39 is 10.1 Å². The van der Waals surface area contributed by atoms with Gasteiger partial charge in [0, 0.05) is 6.54 Å². The summed E-state index contributed by atoms with van der Waals surface area (Å²) in [5.41, 5.74) is 2.55. The summed E-state index contributed by atoms with van der Waals surface area (Å²) in [5.74, 6) is 0.741. The van der Waals surface area contributed by atoms with Crippen LogP contribution in [0.4, 0.5) is 0 Å². The Kier molecular flexibility index (Phi) is 8.46. The van der Waals surface area contributed by atoms with E-state index in [1.54, 1.807) is 22.6 Å². The number of hydrogen-bond acceptors (Lipinski definition) is 5. The Labute approximate surface area is 191 Å². The SMILES string of the molecule is Cc1ccc(S(=O)(=O)O)cc1.N#C[C@@H]1CCCN1C(=O)[C@@H]1C[C@H](CC2=CCCCC2)CN1. The Hall–Kier alpha value is -2.21. The lowest BCUT2D eigenvalue weighted by atomic mass is 9.90. The highest BCUT2D eigenvalue weighted by Crippen LogP contribution is 2.29. The molecule has 0 radical (unpaired) electrons. The molecular weight excluding hydrogens is 426 g/mol. The van der Waals surface area contributed by atoms with Crippen molar-refractivity contribution in [3.63, 3.8) is 0 Å². The van der Waals surface area contributed by atoms with Gasteiger partial charge in [-0.05, 0) is 82.9 Å². The second-order valence-corrected chi connectivity index (χ2v) is 10.4. The highest BCUT2D eigenvalue weighted by atomic mass is 32.2. The molecular formula is C24H33N3O4S. The Balaban J connectivity index is 0.000000222. The van der Waals surface area contributed by atoms with Gasteiger partial charge >= 0.3 is 0 Å². The van der Waals surface area contributed by atoms with Crippen LogP contribution in [0, 0.1) is 24.2 Å². The molecule has 1 aliphatic carbocycles. The van der Waals surface area contributed by atoms with Gasteiger partial charge in [-0.2, -0.15) is 13.7 Å². The van der Waals surface area contributed by atoms with Crippen LogP contribution in [-0.4, -0.2) is 49.0 Å². The van der Waals surface area contributed by atoms with Gasteiger partial charge in [0.1, 0.15) is 6.04 Å². The van der Waals surface area contributed by atoms with Crippen LogP contribution in [-0.2, 0) is 14.9 Å². The Bertz CT molecular complexity index is 966. The summed E-state index contributed by atoms with van der Waals surface area (Å²) in [7, 11) is -4.02. The van der Waals surface area contributed by atoms with E-state index in [1.165, 1.54) is 37.8 Å². The summed E-state index contributed by atoms with van der Waals surface area (Å²) in [4.78, 5) is 14.3. The fourth-order valence-electron chi connectivity index (χ4n) is 4.69. The number of allylic oxidation sites excluding steroid dienone is 2. The second-order valence-electron chi connectivity index (χ2n) is 8.98. The fourth-order valence-corrected chi connectivity index (χ4v) is 5.17. The predicted octanol–water partition coefficient (Wildman–Crippen LogP) is 3.61. The first-order valence-corrected chi connectivity index (χ1v) is 12.9. The van der Waals surface area contributed by atoms with Crippen molar-refractivity contribution < 1.29 is 17.8 Å². The van der Waals surface area contributed by atoms with Crippen molar-refractivity contribution in [2.75, 3.05) is 13.1 Å². The van der Waals surface area contributed by atoms with E-state index in [0.29, 0.717) is 5.92 Å². The molecule has 1 aromatic carbocycles. The zero-order chi connectivity index (χ0) is 23.1. The van der Waals surface area contributed by atoms with Gasteiger partial charge in [-0.25, -0.2) is 0 Å². The molecule has 174 valence electrons. The molecule has 0 aromatic heterocycles. The topological polar surface area (TPSA) is 110 Å². The largest absolute Gasteiger partial charge is 0.325 e. The molecule has 0 spiro atoms. The van der Waals surface area contributed by atoms with E-state index in [9.17, 15) is 13.2 Å². The van der Waals surface area contributed by atoms with E-state index in [0.717, 1.165) is 44.3 Å². The maximum Gasteiger partial charge on any atom is 0.294 e. The van der Waals surface area contributed by atoms with Gasteiger partial charge in [-0.1, -0.05) is 29.3 Å². The Morgan fingerprint density at radius 2 is 2.00 bits per heavy atom. The number of nitrogens with zero attached hydrogens (tertiary/aromatic N) is 2. The number of aryl methyl sites for hydroxylation is 1. The lowest BCUT2D eigenvalue weighted by molar-refractivity contribution is -0.133. The third-order valence-electron chi connectivity index (χ3n) is 6.46. The molecule has 3 aliphatic rings. The quantitative estimate of drug-likeness (QED) is 0.526. The molecule has 4 rings (SSSR count). The van der Waals surface area contributed by atoms with Crippen LogP contribution in [0.25, 0.3) is 0 Å². The number of carbonyl (C=O) groups is 1. The third-order valence-corrected chi connectivity index (χ3v) is 7.33. The maximum atomic E-state index is 12.6. The minimum absolute atomic E-state index is 0.0619. The first kappa shape index (κ1) is 24.4. The van der Waals surface area contributed by atoms with Crippen molar-refractivity contribution in [2.45, 2.75) is 75.3 Å². The number of nitriles is 1. The number of rotatable bonds is 4. The van der Waals surface area contributed by atoms with E-state index in [4.69, 9.17) is 9.81 Å². The maximum absolute atomic E-state index is 12.6. The van der Waals surface area contributed by atoms with E-state index in [-0.39, 0.29) is 22.9 Å². The highest BCUT2D eigenvalue weighted by Gasteiger charge is 2.37. The van der Waals surface area contributed by atoms with Crippen LogP contribution in [0.2, 0.25) is 0 Å². The molecule has 0 saturated carbocycles. The van der Waals surface area contributed by atoms with Crippen molar-refractivity contribution in [2.24, 2.45) is 5.92 Å². The normalized spacial score (nSPS) is 25.5. The number of hydrogen-bond donors (Lipinski definition) is 2. The summed E-state index contributed by atoms with van der Waals surface area (Å²) in [6, 6.07) is 7.99. The van der Waals surface area contributed by atoms with Gasteiger partial charge in [-0.15, -0.1) is 0 Å². The van der Waals surface area contributed by atoms with Crippen LogP contribution in [0.1, 0.15) is 56.9 Å². The predicted molar refractivity (Wildman–Crippen MR) is 122 cm³/mol. The minimum Gasteiger partial charge on any atom is -0.325 e. The molecule has 2 heterocycles. The molecule has 2 aliphatic heterocycles. The van der Waals surface area contributed by atoms with Crippen LogP contribution < -0.4 is 5.32 Å². The van der Waals surface area contributed by atoms with Gasteiger partial charge in [0.05, 0.1) is 17.0 Å². The summed E-state index contributed by atoms with van der Waals surface area (Å²) in [5, 5.41) is 12.5. The number of nitrogens with one attached hydrogen (secondary N) is 1. The molecule has 2 saturated heterocycles. The monoisotopic (exact) mass is 459 g/mol. The van der Waals surface area contributed by atoms with Crippen molar-refractivity contribution in [3.8, 4) is 6.07 Å². The van der Waals surface area contributed by atoms with Gasteiger partial charge in [-0.3, -0.25) is 9.35 Å². The molecule has 7 nitrogen and oxygen atoms in total. The van der Waals surface area contributed by atoms with Crippen LogP contribution in [0.3, 0.4) is 0 Å². The van der Waals surface area contributed by atoms with Gasteiger partial charge < -0.3 is 10.2 Å². The molecule has 2 N–H and O–H groups in total. The number of benzene rings is 1. The van der Waals surface area contributed by atoms with E-state index in [2.05, 4.69) is 17.5 Å². The zero-order valence-electron chi connectivity index (χ0n) is 18.7. The summed E-state index contributed by atoms with van der Waals surface area (Å²) in [6.07, 6.45) is 11.4. The lowest BCUT2D eigenvalue weighted by Gasteiger charge is -2.23. The molecule has 0 unspecified atom stereocenters. The van der Waals surface area contributed by atoms with Gasteiger partial charge in [0.15, 0.2) is 0 Å². The number of carbonyl (C=O) groups excluding carboxylic acids is 1. The first-order valence-electron chi connectivity index (χ1n) is 11.4. The molecule has 1 amide bonds. The highest BCUT2D eigenvalue weighted by molar-refractivity contribution is 7.85. The standard InChI is InChI=1S/C17H25N3O.C7H8O3S/c18-11-15-7-4-8-20(15)17(21)16-10-14(12-19-16)9-13-5-2-1-3-6-13;1-6-2-4-7(5-3-6)11(8,9)10/h5,14-16,19H,1-4,6-10,12H2;2-5H,1H3,(H,8,9,10)/t14-,15-,16-;/m0./s1. The van der Waals surface area contributed by atoms with Gasteiger partial charge in [0.2, 0.25) is 5.91 Å². The fraction of sp³-hybridized carbons (Fsp3) is 0.583. The van der Waals surface area contributed by atoms with Gasteiger partial charge in [0.25, 0.3) is 10.1 Å². The smallest absolute Gasteiger partial charge is 0.294 e. The van der Waals surface area contributed by atoms with Crippen molar-refractivity contribution in [1.29, 1.82) is 5.26 Å². The molecule has 2 fully saturated rings. The zero-order valence-corrected chi connectivity index (χ0v) is 19.5. The molecule has 32 heavy (non-hydrogen) atoms. The van der Waals surface area contributed by atoms with Crippen molar-refractivity contribution in [3.05, 3.63) is 41.5 Å². The van der Waals surface area contributed by atoms with Crippen LogP contribution >= 0.6 is 0 Å². The average molecular weight is 460 g/mol. The lowest BCUT2D eigenvalue weighted by Crippen LogP contribution is -2.45. The van der Waals surface area contributed by atoms with Crippen molar-refractivity contribution in [1.82, 2.24) is 10.2 Å². The summed E-state index contributed by atoms with van der Waals surface area (Å²) in [6.45, 7) is 3.54. The first-order chi connectivity index (χ1) is 15.3. The van der Waals surface area contributed by atoms with Crippen LogP contribution in [0.5, 0.6) is 0 Å². The molecule has 8 heteroatoms. The average Bonchev–Trinajstić information content (AvgIpc) is 3.43. The second kappa shape index (κ2) is 11.1. The van der Waals surface area contributed by atoms with E-state index in [1.807, 2.05) is 6.92 Å². The van der Waals surface area contributed by atoms with E-state index >= 15 is 0 Å². The molecule has 3 atom stereocenters. The summed E-state index contributed by atoms with van der Waals surface area (Å²) < 4.78 is 29.6. The number of amides is 1. The summed E-state index contributed by atoms with van der Waals surface area (Å²) >= 11 is 0. The minimum atomic E-state index is -4.02. The number of likely N-dealkylation sites (tertiary alicyclic amines) is 1. The Morgan fingerprint density at radius 1 is 1.25 bits per heavy atom. The molecule has 0 bridgehead atoms. The van der Waals surface area contributed by atoms with Crippen molar-refractivity contribution >= 4 is 16.0 Å².